The van der Waals surface area contributed by atoms with Gasteiger partial charge in [0.2, 0.25) is 0 Å². The third-order valence-corrected chi connectivity index (χ3v) is 6.20. The molecule has 0 aromatic heterocycles. The molecule has 1 aliphatic rings. The zero-order valence-electron chi connectivity index (χ0n) is 7.13. The van der Waals surface area contributed by atoms with Gasteiger partial charge in [-0.05, 0) is 31.2 Å². The molecule has 0 spiro atoms. The summed E-state index contributed by atoms with van der Waals surface area (Å²) in [6.45, 7) is 6.41. The third kappa shape index (κ3) is 2.25. The third-order valence-electron chi connectivity index (χ3n) is 2.40. The van der Waals surface area contributed by atoms with Crippen molar-refractivity contribution in [3.05, 3.63) is 0 Å². The fourth-order valence-corrected chi connectivity index (χ4v) is 4.57. The van der Waals surface area contributed by atoms with E-state index in [9.17, 15) is 0 Å². The fourth-order valence-electron chi connectivity index (χ4n) is 1.62. The van der Waals surface area contributed by atoms with Gasteiger partial charge in [-0.25, -0.2) is 0 Å². The van der Waals surface area contributed by atoms with Crippen LogP contribution in [0, 0.1) is 0 Å². The Morgan fingerprint density at radius 1 is 1.64 bits per heavy atom. The molecule has 1 heterocycles. The first-order valence-corrected chi connectivity index (χ1v) is 7.55. The molecular formula is C7H15NOSSi. The molecule has 0 amide bonds. The van der Waals surface area contributed by atoms with E-state index in [0.29, 0.717) is 6.54 Å². The minimum Gasteiger partial charge on any atom is -0.501 e. The largest absolute Gasteiger partial charge is 0.501 e. The van der Waals surface area contributed by atoms with E-state index in [1.807, 2.05) is 0 Å². The van der Waals surface area contributed by atoms with Crippen LogP contribution in [0.3, 0.4) is 0 Å². The molecule has 0 aromatic carbocycles. The van der Waals surface area contributed by atoms with E-state index in [1.54, 1.807) is 0 Å². The van der Waals surface area contributed by atoms with Gasteiger partial charge >= 0.3 is 0 Å². The van der Waals surface area contributed by atoms with Gasteiger partial charge in [0.1, 0.15) is 8.24 Å². The van der Waals surface area contributed by atoms with Crippen LogP contribution in [0.2, 0.25) is 19.1 Å². The number of hydrogen-bond acceptors (Lipinski definition) is 2. The summed E-state index contributed by atoms with van der Waals surface area (Å²) in [6.07, 6.45) is 1.28. The predicted molar refractivity (Wildman–Crippen MR) is 53.7 cm³/mol. The van der Waals surface area contributed by atoms with Gasteiger partial charge < -0.3 is 9.67 Å². The maximum absolute atomic E-state index is 8.96. The van der Waals surface area contributed by atoms with Gasteiger partial charge in [0.05, 0.1) is 6.54 Å². The van der Waals surface area contributed by atoms with Crippen LogP contribution in [0.15, 0.2) is 0 Å². The first-order valence-electron chi connectivity index (χ1n) is 3.99. The maximum Gasteiger partial charge on any atom is 0.170 e. The Labute approximate surface area is 74.3 Å². The second-order valence-corrected chi connectivity index (χ2v) is 8.96. The van der Waals surface area contributed by atoms with Crippen molar-refractivity contribution in [1.29, 1.82) is 0 Å². The van der Waals surface area contributed by atoms with Gasteiger partial charge in [0.25, 0.3) is 0 Å². The number of nitrogens with zero attached hydrogens (tertiary/aromatic N) is 1. The summed E-state index contributed by atoms with van der Waals surface area (Å²) < 4.78 is 2.37. The second-order valence-electron chi connectivity index (χ2n) is 3.73. The van der Waals surface area contributed by atoms with Gasteiger partial charge in [-0.1, -0.05) is 13.1 Å². The van der Waals surface area contributed by atoms with Crippen molar-refractivity contribution in [2.75, 3.05) is 13.1 Å². The minimum absolute atomic E-state index is 0.146. The molecule has 0 aromatic rings. The summed E-state index contributed by atoms with van der Waals surface area (Å²) in [4.78, 5) is 0. The van der Waals surface area contributed by atoms with Gasteiger partial charge in [-0.15, -0.1) is 0 Å². The molecule has 1 rings (SSSR count). The van der Waals surface area contributed by atoms with E-state index >= 15 is 0 Å². The van der Waals surface area contributed by atoms with E-state index < -0.39 is 8.24 Å². The smallest absolute Gasteiger partial charge is 0.170 e. The second kappa shape index (κ2) is 3.21. The van der Waals surface area contributed by atoms with Crippen LogP contribution in [0.25, 0.3) is 0 Å². The lowest BCUT2D eigenvalue weighted by Gasteiger charge is -2.28. The van der Waals surface area contributed by atoms with E-state index in [0.717, 1.165) is 6.54 Å². The van der Waals surface area contributed by atoms with Crippen molar-refractivity contribution >= 4 is 25.5 Å². The van der Waals surface area contributed by atoms with Crippen LogP contribution in [0.4, 0.5) is 0 Å². The van der Waals surface area contributed by atoms with E-state index in [1.165, 1.54) is 12.5 Å². The normalized spacial score (nSPS) is 23.8. The average molecular weight is 189 g/mol. The molecule has 0 aliphatic carbocycles. The van der Waals surface area contributed by atoms with E-state index in [4.69, 9.17) is 5.11 Å². The summed E-state index contributed by atoms with van der Waals surface area (Å²) in [5.41, 5.74) is 0. The molecular weight excluding hydrogens is 174 g/mol. The zero-order valence-corrected chi connectivity index (χ0v) is 8.95. The minimum atomic E-state index is -1.15. The first-order chi connectivity index (χ1) is 5.02. The molecule has 1 saturated heterocycles. The Morgan fingerprint density at radius 2 is 2.27 bits per heavy atom. The number of rotatable bonds is 2. The molecule has 11 heavy (non-hydrogen) atoms. The number of thiocarbonyl (C=S) groups is 1. The van der Waals surface area contributed by atoms with Crippen LogP contribution in [-0.4, -0.2) is 36.0 Å². The molecule has 1 aliphatic heterocycles. The summed E-state index contributed by atoms with van der Waals surface area (Å²) in [5.74, 6) is 0. The lowest BCUT2D eigenvalue weighted by Crippen LogP contribution is -2.45. The standard InChI is InChI=1S/C7H15NOSSi/c1-11(2)5-3-4-8(11)6-7(9)10/h3-6H2,1-2H3,(H,9,10). The molecule has 4 heteroatoms. The number of aliphatic hydroxyl groups is 1. The average Bonchev–Trinajstić information content (AvgIpc) is 2.10. The number of aliphatic hydroxyl groups excluding tert-OH is 1. The summed E-state index contributed by atoms with van der Waals surface area (Å²) in [6, 6.07) is 1.34. The Balaban J connectivity index is 2.51. The predicted octanol–water partition coefficient (Wildman–Crippen LogP) is 1.78. The molecule has 2 nitrogen and oxygen atoms in total. The molecule has 0 bridgehead atoms. The Bertz CT molecular complexity index is 172. The Hall–Kier alpha value is 0.0669. The van der Waals surface area contributed by atoms with Crippen LogP contribution in [0.5, 0.6) is 0 Å². The molecule has 0 atom stereocenters. The van der Waals surface area contributed by atoms with Crippen molar-refractivity contribution in [3.8, 4) is 0 Å². The zero-order chi connectivity index (χ0) is 8.48. The highest BCUT2D eigenvalue weighted by atomic mass is 32.1. The lowest BCUT2D eigenvalue weighted by molar-refractivity contribution is 0.465. The van der Waals surface area contributed by atoms with Crippen molar-refractivity contribution in [1.82, 2.24) is 4.57 Å². The van der Waals surface area contributed by atoms with Gasteiger partial charge in [0, 0.05) is 0 Å². The molecule has 64 valence electrons. The quantitative estimate of drug-likeness (QED) is 0.529. The maximum atomic E-state index is 8.96. The molecule has 0 unspecified atom stereocenters. The molecule has 0 saturated carbocycles. The summed E-state index contributed by atoms with van der Waals surface area (Å²) in [5, 5.41) is 9.10. The molecule has 1 fully saturated rings. The number of hydrogen-bond donors (Lipinski definition) is 1. The summed E-state index contributed by atoms with van der Waals surface area (Å²) in [7, 11) is -1.15. The first kappa shape index (κ1) is 9.16. The highest BCUT2D eigenvalue weighted by Gasteiger charge is 2.34. The van der Waals surface area contributed by atoms with Crippen LogP contribution >= 0.6 is 12.2 Å². The highest BCUT2D eigenvalue weighted by Crippen LogP contribution is 2.24. The van der Waals surface area contributed by atoms with Crippen LogP contribution in [-0.2, 0) is 0 Å². The van der Waals surface area contributed by atoms with Gasteiger partial charge in [0.15, 0.2) is 5.05 Å². The lowest BCUT2D eigenvalue weighted by atomic mass is 10.5. The van der Waals surface area contributed by atoms with Gasteiger partial charge in [-0.3, -0.25) is 0 Å². The summed E-state index contributed by atoms with van der Waals surface area (Å²) >= 11 is 4.67. The van der Waals surface area contributed by atoms with E-state index in [2.05, 4.69) is 29.9 Å². The van der Waals surface area contributed by atoms with Crippen molar-refractivity contribution in [3.63, 3.8) is 0 Å². The highest BCUT2D eigenvalue weighted by molar-refractivity contribution is 7.80. The van der Waals surface area contributed by atoms with E-state index in [-0.39, 0.29) is 5.05 Å². The van der Waals surface area contributed by atoms with Crippen LogP contribution in [0.1, 0.15) is 6.42 Å². The Morgan fingerprint density at radius 3 is 2.64 bits per heavy atom. The Kier molecular flexibility index (Phi) is 2.67. The van der Waals surface area contributed by atoms with Crippen molar-refractivity contribution in [2.24, 2.45) is 0 Å². The van der Waals surface area contributed by atoms with Crippen molar-refractivity contribution < 1.29 is 5.11 Å². The monoisotopic (exact) mass is 189 g/mol. The molecule has 1 N–H and O–H groups in total. The SMILES string of the molecule is C[Si]1(C)CCCN1CC(O)=S. The van der Waals surface area contributed by atoms with Gasteiger partial charge in [-0.2, -0.15) is 0 Å². The molecule has 0 radical (unpaired) electrons. The van der Waals surface area contributed by atoms with Crippen molar-refractivity contribution in [2.45, 2.75) is 25.6 Å². The fraction of sp³-hybridized carbons (Fsp3) is 0.857. The van der Waals surface area contributed by atoms with Crippen LogP contribution < -0.4 is 0 Å². The topological polar surface area (TPSA) is 23.5 Å².